The second kappa shape index (κ2) is 4.23. The minimum Gasteiger partial charge on any atom is -0.388 e. The number of aryl methyl sites for hydroxylation is 1. The van der Waals surface area contributed by atoms with Gasteiger partial charge in [-0.1, -0.05) is 11.6 Å². The summed E-state index contributed by atoms with van der Waals surface area (Å²) in [5.74, 6) is 0.103. The summed E-state index contributed by atoms with van der Waals surface area (Å²) >= 11 is 6.01. The van der Waals surface area contributed by atoms with Crippen LogP contribution in [0.2, 0.25) is 5.02 Å². The first-order chi connectivity index (χ1) is 7.61. The molecule has 0 aliphatic carbocycles. The Morgan fingerprint density at radius 1 is 1.50 bits per heavy atom. The number of H-pyrrole nitrogens is 1. The molecule has 1 heterocycles. The van der Waals surface area contributed by atoms with Crippen molar-refractivity contribution in [2.75, 3.05) is 0 Å². The molecule has 3 nitrogen and oxygen atoms in total. The van der Waals surface area contributed by atoms with Gasteiger partial charge in [-0.05, 0) is 24.6 Å². The Labute approximate surface area is 96.9 Å². The molecule has 1 aromatic carbocycles. The van der Waals surface area contributed by atoms with Crippen LogP contribution in [-0.4, -0.2) is 15.1 Å². The lowest BCUT2D eigenvalue weighted by Crippen LogP contribution is -1.88. The molecular formula is C11H10ClFN2O. The Kier molecular flexibility index (Phi) is 2.94. The van der Waals surface area contributed by atoms with Gasteiger partial charge in [0, 0.05) is 5.56 Å². The highest BCUT2D eigenvalue weighted by Crippen LogP contribution is 2.28. The molecule has 0 amide bonds. The van der Waals surface area contributed by atoms with Gasteiger partial charge in [-0.15, -0.1) is 0 Å². The normalized spacial score (nSPS) is 10.8. The molecule has 0 radical (unpaired) electrons. The number of aromatic amines is 1. The van der Waals surface area contributed by atoms with Crippen molar-refractivity contribution < 1.29 is 9.50 Å². The van der Waals surface area contributed by atoms with Crippen LogP contribution in [0.4, 0.5) is 4.39 Å². The standard InChI is InChI=1S/C11H10ClFN2O/c1-6-2-8(12)7(3-9(6)13)10-4-14-11(5-16)15-10/h2-4,16H,5H2,1H3,(H,14,15). The molecule has 0 bridgehead atoms. The van der Waals surface area contributed by atoms with Gasteiger partial charge in [-0.25, -0.2) is 9.37 Å². The maximum Gasteiger partial charge on any atom is 0.132 e. The van der Waals surface area contributed by atoms with E-state index in [1.165, 1.54) is 12.3 Å². The number of imidazole rings is 1. The van der Waals surface area contributed by atoms with E-state index in [0.717, 1.165) is 0 Å². The number of aliphatic hydroxyl groups is 1. The average molecular weight is 241 g/mol. The van der Waals surface area contributed by atoms with Crippen molar-refractivity contribution in [3.63, 3.8) is 0 Å². The van der Waals surface area contributed by atoms with E-state index in [4.69, 9.17) is 16.7 Å². The summed E-state index contributed by atoms with van der Waals surface area (Å²) in [6.45, 7) is 1.46. The largest absolute Gasteiger partial charge is 0.388 e. The predicted octanol–water partition coefficient (Wildman–Crippen LogP) is 2.67. The Hall–Kier alpha value is -1.39. The summed E-state index contributed by atoms with van der Waals surface area (Å²) in [5, 5.41) is 9.32. The number of benzene rings is 1. The van der Waals surface area contributed by atoms with Gasteiger partial charge in [0.15, 0.2) is 0 Å². The van der Waals surface area contributed by atoms with Crippen LogP contribution in [0.25, 0.3) is 11.3 Å². The number of nitrogens with zero attached hydrogens (tertiary/aromatic N) is 1. The van der Waals surface area contributed by atoms with Gasteiger partial charge >= 0.3 is 0 Å². The highest BCUT2D eigenvalue weighted by molar-refractivity contribution is 6.33. The monoisotopic (exact) mass is 240 g/mol. The number of nitrogens with one attached hydrogen (secondary N) is 1. The summed E-state index contributed by atoms with van der Waals surface area (Å²) < 4.78 is 13.4. The van der Waals surface area contributed by atoms with E-state index in [1.54, 1.807) is 13.0 Å². The average Bonchev–Trinajstić information content (AvgIpc) is 2.71. The van der Waals surface area contributed by atoms with E-state index < -0.39 is 0 Å². The van der Waals surface area contributed by atoms with Crippen LogP contribution in [0, 0.1) is 12.7 Å². The van der Waals surface area contributed by atoms with Crippen LogP contribution in [-0.2, 0) is 6.61 Å². The SMILES string of the molecule is Cc1cc(Cl)c(-c2cnc(CO)[nH]2)cc1F. The number of halogens is 2. The quantitative estimate of drug-likeness (QED) is 0.848. The lowest BCUT2D eigenvalue weighted by atomic mass is 10.1. The van der Waals surface area contributed by atoms with Crippen molar-refractivity contribution in [2.45, 2.75) is 13.5 Å². The fraction of sp³-hybridized carbons (Fsp3) is 0.182. The van der Waals surface area contributed by atoms with Gasteiger partial charge in [0.2, 0.25) is 0 Å². The lowest BCUT2D eigenvalue weighted by molar-refractivity contribution is 0.272. The summed E-state index contributed by atoms with van der Waals surface area (Å²) in [6.07, 6.45) is 1.52. The molecule has 2 N–H and O–H groups in total. The van der Waals surface area contributed by atoms with Gasteiger partial charge in [-0.3, -0.25) is 0 Å². The van der Waals surface area contributed by atoms with Crippen LogP contribution in [0.15, 0.2) is 18.3 Å². The van der Waals surface area contributed by atoms with Crippen LogP contribution >= 0.6 is 11.6 Å². The highest BCUT2D eigenvalue weighted by Gasteiger charge is 2.10. The number of hydrogen-bond donors (Lipinski definition) is 2. The number of rotatable bonds is 2. The van der Waals surface area contributed by atoms with Crippen molar-refractivity contribution in [1.82, 2.24) is 9.97 Å². The summed E-state index contributed by atoms with van der Waals surface area (Å²) in [5.41, 5.74) is 1.63. The third kappa shape index (κ3) is 1.94. The molecule has 0 atom stereocenters. The Balaban J connectivity index is 2.51. The molecule has 84 valence electrons. The zero-order valence-corrected chi connectivity index (χ0v) is 9.35. The molecule has 0 aliphatic heterocycles. The Bertz CT molecular complexity index is 525. The highest BCUT2D eigenvalue weighted by atomic mass is 35.5. The molecule has 5 heteroatoms. The molecule has 0 saturated heterocycles. The molecule has 16 heavy (non-hydrogen) atoms. The maximum atomic E-state index is 13.4. The van der Waals surface area contributed by atoms with Gasteiger partial charge < -0.3 is 10.1 Å². The van der Waals surface area contributed by atoms with Crippen LogP contribution in [0.5, 0.6) is 0 Å². The number of hydrogen-bond acceptors (Lipinski definition) is 2. The van der Waals surface area contributed by atoms with E-state index in [1.807, 2.05) is 0 Å². The van der Waals surface area contributed by atoms with Crippen molar-refractivity contribution in [3.8, 4) is 11.3 Å². The van der Waals surface area contributed by atoms with Crippen molar-refractivity contribution in [1.29, 1.82) is 0 Å². The van der Waals surface area contributed by atoms with Gasteiger partial charge in [0.1, 0.15) is 18.2 Å². The first-order valence-corrected chi connectivity index (χ1v) is 5.10. The fourth-order valence-electron chi connectivity index (χ4n) is 1.43. The molecule has 0 saturated carbocycles. The molecule has 2 aromatic rings. The summed E-state index contributed by atoms with van der Waals surface area (Å²) in [7, 11) is 0. The van der Waals surface area contributed by atoms with Crippen LogP contribution in [0.1, 0.15) is 11.4 Å². The van der Waals surface area contributed by atoms with Crippen molar-refractivity contribution in [3.05, 3.63) is 40.6 Å². The Morgan fingerprint density at radius 2 is 2.25 bits per heavy atom. The molecule has 2 rings (SSSR count). The van der Waals surface area contributed by atoms with E-state index in [2.05, 4.69) is 9.97 Å². The van der Waals surface area contributed by atoms with Gasteiger partial charge in [0.25, 0.3) is 0 Å². The van der Waals surface area contributed by atoms with E-state index >= 15 is 0 Å². The zero-order valence-electron chi connectivity index (χ0n) is 8.59. The lowest BCUT2D eigenvalue weighted by Gasteiger charge is -2.04. The first kappa shape index (κ1) is 11.1. The van der Waals surface area contributed by atoms with Crippen molar-refractivity contribution in [2.24, 2.45) is 0 Å². The minimum atomic E-state index is -0.320. The van der Waals surface area contributed by atoms with E-state index in [9.17, 15) is 4.39 Å². The predicted molar refractivity (Wildman–Crippen MR) is 59.7 cm³/mol. The molecule has 0 aliphatic rings. The van der Waals surface area contributed by atoms with E-state index in [-0.39, 0.29) is 12.4 Å². The molecule has 0 fully saturated rings. The molecule has 0 unspecified atom stereocenters. The van der Waals surface area contributed by atoms with E-state index in [0.29, 0.717) is 27.7 Å². The first-order valence-electron chi connectivity index (χ1n) is 4.72. The number of aliphatic hydroxyl groups excluding tert-OH is 1. The smallest absolute Gasteiger partial charge is 0.132 e. The minimum absolute atomic E-state index is 0.189. The third-order valence-corrected chi connectivity index (χ3v) is 2.63. The maximum absolute atomic E-state index is 13.4. The van der Waals surface area contributed by atoms with Crippen LogP contribution < -0.4 is 0 Å². The molecule has 1 aromatic heterocycles. The third-order valence-electron chi connectivity index (χ3n) is 2.32. The van der Waals surface area contributed by atoms with Crippen molar-refractivity contribution >= 4 is 11.6 Å². The van der Waals surface area contributed by atoms with Crippen LogP contribution in [0.3, 0.4) is 0 Å². The van der Waals surface area contributed by atoms with Gasteiger partial charge in [-0.2, -0.15) is 0 Å². The Morgan fingerprint density at radius 3 is 2.88 bits per heavy atom. The topological polar surface area (TPSA) is 48.9 Å². The molecule has 0 spiro atoms. The second-order valence-corrected chi connectivity index (χ2v) is 3.89. The summed E-state index contributed by atoms with van der Waals surface area (Å²) in [6, 6.07) is 2.91. The van der Waals surface area contributed by atoms with Gasteiger partial charge in [0.05, 0.1) is 16.9 Å². The summed E-state index contributed by atoms with van der Waals surface area (Å²) in [4.78, 5) is 6.77. The second-order valence-electron chi connectivity index (χ2n) is 3.48. The fourth-order valence-corrected chi connectivity index (χ4v) is 1.75. The molecular weight excluding hydrogens is 231 g/mol. The number of aromatic nitrogens is 2. The zero-order chi connectivity index (χ0) is 11.7.